The van der Waals surface area contributed by atoms with E-state index in [-0.39, 0.29) is 0 Å². The van der Waals surface area contributed by atoms with E-state index in [2.05, 4.69) is 25.3 Å². The SMILES string of the molecule is Cn1cc(-c2cnc3[nH]cc(-c4nnc(Cc5ccccc5Cl)o4)c3c2)cn1. The standard InChI is InChI=1S/C20H15ClN6O/c1-27-11-14(9-24-27)13-6-15-16(10-23-19(15)22-8-13)20-26-25-18(28-20)7-12-4-2-3-5-17(12)21/h2-6,8-11H,7H2,1H3,(H,22,23). The van der Waals surface area contributed by atoms with Crippen LogP contribution >= 0.6 is 11.6 Å². The van der Waals surface area contributed by atoms with Crippen molar-refractivity contribution in [2.75, 3.05) is 0 Å². The van der Waals surface area contributed by atoms with Crippen LogP contribution in [0, 0.1) is 0 Å². The van der Waals surface area contributed by atoms with Gasteiger partial charge in [-0.3, -0.25) is 4.68 Å². The zero-order valence-corrected chi connectivity index (χ0v) is 15.7. The van der Waals surface area contributed by atoms with Crippen molar-refractivity contribution >= 4 is 22.6 Å². The fourth-order valence-electron chi connectivity index (χ4n) is 3.15. The lowest BCUT2D eigenvalue weighted by Crippen LogP contribution is -1.89. The van der Waals surface area contributed by atoms with Crippen LogP contribution in [-0.4, -0.2) is 29.9 Å². The molecule has 28 heavy (non-hydrogen) atoms. The molecule has 0 bridgehead atoms. The van der Waals surface area contributed by atoms with Gasteiger partial charge in [-0.1, -0.05) is 29.8 Å². The summed E-state index contributed by atoms with van der Waals surface area (Å²) in [6, 6.07) is 9.66. The third kappa shape index (κ3) is 2.95. The molecule has 0 amide bonds. The maximum Gasteiger partial charge on any atom is 0.249 e. The molecule has 5 rings (SSSR count). The number of nitrogens with zero attached hydrogens (tertiary/aromatic N) is 5. The van der Waals surface area contributed by atoms with Crippen molar-refractivity contribution in [2.24, 2.45) is 7.05 Å². The molecular weight excluding hydrogens is 376 g/mol. The van der Waals surface area contributed by atoms with Gasteiger partial charge in [-0.05, 0) is 17.7 Å². The molecule has 138 valence electrons. The average molecular weight is 391 g/mol. The maximum absolute atomic E-state index is 6.23. The van der Waals surface area contributed by atoms with Crippen LogP contribution in [0.2, 0.25) is 5.02 Å². The van der Waals surface area contributed by atoms with Crippen LogP contribution in [0.25, 0.3) is 33.6 Å². The molecule has 0 fully saturated rings. The lowest BCUT2D eigenvalue weighted by Gasteiger charge is -2.00. The first kappa shape index (κ1) is 16.7. The van der Waals surface area contributed by atoms with Gasteiger partial charge in [-0.2, -0.15) is 5.10 Å². The van der Waals surface area contributed by atoms with Gasteiger partial charge in [0.2, 0.25) is 11.8 Å². The Morgan fingerprint density at radius 1 is 1.14 bits per heavy atom. The Morgan fingerprint density at radius 3 is 2.86 bits per heavy atom. The van der Waals surface area contributed by atoms with Gasteiger partial charge in [-0.15, -0.1) is 10.2 Å². The summed E-state index contributed by atoms with van der Waals surface area (Å²) in [4.78, 5) is 7.66. The number of rotatable bonds is 4. The minimum absolute atomic E-state index is 0.443. The van der Waals surface area contributed by atoms with Gasteiger partial charge >= 0.3 is 0 Å². The van der Waals surface area contributed by atoms with Crippen molar-refractivity contribution in [2.45, 2.75) is 6.42 Å². The van der Waals surface area contributed by atoms with Gasteiger partial charge in [-0.25, -0.2) is 4.98 Å². The van der Waals surface area contributed by atoms with Gasteiger partial charge in [0.15, 0.2) is 0 Å². The molecule has 5 aromatic rings. The molecule has 0 aliphatic rings. The molecular formula is C20H15ClN6O. The van der Waals surface area contributed by atoms with E-state index < -0.39 is 0 Å². The molecule has 0 radical (unpaired) electrons. The van der Waals surface area contributed by atoms with Gasteiger partial charge < -0.3 is 9.40 Å². The highest BCUT2D eigenvalue weighted by molar-refractivity contribution is 6.31. The Hall–Kier alpha value is -3.45. The topological polar surface area (TPSA) is 85.4 Å². The normalized spacial score (nSPS) is 11.4. The molecule has 8 heteroatoms. The highest BCUT2D eigenvalue weighted by atomic mass is 35.5. The number of hydrogen-bond donors (Lipinski definition) is 1. The number of fused-ring (bicyclic) bond motifs is 1. The number of aryl methyl sites for hydroxylation is 1. The molecule has 0 saturated heterocycles. The van der Waals surface area contributed by atoms with E-state index in [1.807, 2.05) is 62.2 Å². The van der Waals surface area contributed by atoms with Crippen molar-refractivity contribution in [1.29, 1.82) is 0 Å². The van der Waals surface area contributed by atoms with Gasteiger partial charge in [0.1, 0.15) is 5.65 Å². The zero-order valence-electron chi connectivity index (χ0n) is 14.9. The van der Waals surface area contributed by atoms with E-state index in [0.717, 1.165) is 33.3 Å². The Balaban J connectivity index is 1.51. The minimum Gasteiger partial charge on any atom is -0.420 e. The zero-order chi connectivity index (χ0) is 19.1. The maximum atomic E-state index is 6.23. The second-order valence-electron chi connectivity index (χ2n) is 6.49. The summed E-state index contributed by atoms with van der Waals surface area (Å²) in [5.41, 5.74) is 4.48. The predicted octanol–water partition coefficient (Wildman–Crippen LogP) is 4.26. The fourth-order valence-corrected chi connectivity index (χ4v) is 3.35. The van der Waals surface area contributed by atoms with E-state index in [1.54, 1.807) is 4.68 Å². The lowest BCUT2D eigenvalue weighted by atomic mass is 10.1. The minimum atomic E-state index is 0.443. The number of aromatic amines is 1. The average Bonchev–Trinajstić information content (AvgIpc) is 3.42. The Kier molecular flexibility index (Phi) is 3.95. The van der Waals surface area contributed by atoms with Crippen LogP contribution in [-0.2, 0) is 13.5 Å². The number of nitrogens with one attached hydrogen (secondary N) is 1. The lowest BCUT2D eigenvalue weighted by molar-refractivity contribution is 0.518. The summed E-state index contributed by atoms with van der Waals surface area (Å²) in [5.74, 6) is 0.951. The third-order valence-corrected chi connectivity index (χ3v) is 4.93. The molecule has 0 spiro atoms. The van der Waals surface area contributed by atoms with E-state index in [4.69, 9.17) is 16.0 Å². The summed E-state index contributed by atoms with van der Waals surface area (Å²) < 4.78 is 7.66. The van der Waals surface area contributed by atoms with E-state index in [1.165, 1.54) is 0 Å². The van der Waals surface area contributed by atoms with Crippen molar-refractivity contribution in [3.05, 3.63) is 71.6 Å². The molecule has 0 aliphatic carbocycles. The second-order valence-corrected chi connectivity index (χ2v) is 6.90. The summed E-state index contributed by atoms with van der Waals surface area (Å²) in [5, 5.41) is 14.2. The molecule has 1 N–H and O–H groups in total. The Labute approximate surface area is 165 Å². The third-order valence-electron chi connectivity index (χ3n) is 4.57. The van der Waals surface area contributed by atoms with Crippen LogP contribution < -0.4 is 0 Å². The van der Waals surface area contributed by atoms with E-state index in [0.29, 0.717) is 23.2 Å². The quantitative estimate of drug-likeness (QED) is 0.495. The van der Waals surface area contributed by atoms with Crippen molar-refractivity contribution in [3.63, 3.8) is 0 Å². The predicted molar refractivity (Wildman–Crippen MR) is 106 cm³/mol. The molecule has 0 unspecified atom stereocenters. The van der Waals surface area contributed by atoms with Crippen LogP contribution in [0.4, 0.5) is 0 Å². The number of H-pyrrole nitrogens is 1. The van der Waals surface area contributed by atoms with Crippen molar-refractivity contribution in [1.82, 2.24) is 29.9 Å². The molecule has 0 saturated carbocycles. The molecule has 0 atom stereocenters. The van der Waals surface area contributed by atoms with Crippen molar-refractivity contribution < 1.29 is 4.42 Å². The van der Waals surface area contributed by atoms with Gasteiger partial charge in [0.25, 0.3) is 0 Å². The van der Waals surface area contributed by atoms with Crippen LogP contribution in [0.5, 0.6) is 0 Å². The second kappa shape index (κ2) is 6.61. The van der Waals surface area contributed by atoms with Gasteiger partial charge in [0.05, 0.1) is 18.2 Å². The smallest absolute Gasteiger partial charge is 0.249 e. The fraction of sp³-hybridized carbons (Fsp3) is 0.100. The highest BCUT2D eigenvalue weighted by Gasteiger charge is 2.16. The molecule has 7 nitrogen and oxygen atoms in total. The van der Waals surface area contributed by atoms with Gasteiger partial charge in [0, 0.05) is 47.2 Å². The summed E-state index contributed by atoms with van der Waals surface area (Å²) in [6.07, 6.45) is 7.88. The van der Waals surface area contributed by atoms with Crippen molar-refractivity contribution in [3.8, 4) is 22.6 Å². The number of aromatic nitrogens is 6. The highest BCUT2D eigenvalue weighted by Crippen LogP contribution is 2.30. The number of benzene rings is 1. The summed E-state index contributed by atoms with van der Waals surface area (Å²) in [7, 11) is 1.89. The van der Waals surface area contributed by atoms with Crippen LogP contribution in [0.15, 0.2) is 59.5 Å². The monoisotopic (exact) mass is 390 g/mol. The first-order valence-corrected chi connectivity index (χ1v) is 9.07. The van der Waals surface area contributed by atoms with Crippen LogP contribution in [0.1, 0.15) is 11.5 Å². The van der Waals surface area contributed by atoms with E-state index >= 15 is 0 Å². The number of hydrogen-bond acceptors (Lipinski definition) is 5. The summed E-state index contributed by atoms with van der Waals surface area (Å²) >= 11 is 6.23. The largest absolute Gasteiger partial charge is 0.420 e. The molecule has 4 heterocycles. The number of pyridine rings is 1. The summed E-state index contributed by atoms with van der Waals surface area (Å²) in [6.45, 7) is 0. The Bertz CT molecular complexity index is 1280. The first-order valence-electron chi connectivity index (χ1n) is 8.70. The molecule has 1 aromatic carbocycles. The Morgan fingerprint density at radius 2 is 2.04 bits per heavy atom. The number of halogens is 1. The first-order chi connectivity index (χ1) is 13.7. The van der Waals surface area contributed by atoms with Crippen LogP contribution in [0.3, 0.4) is 0 Å². The molecule has 4 aromatic heterocycles. The van der Waals surface area contributed by atoms with E-state index in [9.17, 15) is 0 Å². The molecule has 0 aliphatic heterocycles.